The van der Waals surface area contributed by atoms with Gasteiger partial charge in [0.2, 0.25) is 0 Å². The molecule has 3 saturated heterocycles. The number of allylic oxidation sites excluding steroid dienone is 3. The van der Waals surface area contributed by atoms with Crippen molar-refractivity contribution in [2.45, 2.75) is 134 Å². The standard InChI is InChI=1S/C37H56O14/c1-19-14-15-28(39)47-23(5)26(18-45-34-32(44-9)31(43-8)29(40)24(6)48-34)12-10-11-13-27(38)20(2)16-21(3)30(19)50-35-33(41)37(17-22(4)46-35)25(7)49-36(42)51-37/h10-15,19-26,29-35,40-41H,16-18H2,1-9H3/b12-10+,13-11+,15-14+/t19-,20?,21-,22+,23?,24+,25+,26+,29+,30?,31+,32+,33?,34+,35-,37?/m0/s1. The van der Waals surface area contributed by atoms with Crippen LogP contribution in [0.15, 0.2) is 36.5 Å². The van der Waals surface area contributed by atoms with Crippen molar-refractivity contribution >= 4 is 17.9 Å². The smallest absolute Gasteiger partial charge is 0.459 e. The monoisotopic (exact) mass is 724 g/mol. The quantitative estimate of drug-likeness (QED) is 0.366. The molecule has 0 bridgehead atoms. The number of esters is 1. The van der Waals surface area contributed by atoms with Crippen molar-refractivity contribution in [3.8, 4) is 0 Å². The van der Waals surface area contributed by atoms with Crippen LogP contribution >= 0.6 is 0 Å². The first-order valence-corrected chi connectivity index (χ1v) is 17.8. The highest BCUT2D eigenvalue weighted by atomic mass is 16.8. The number of carbonyl (C=O) groups is 3. The van der Waals surface area contributed by atoms with E-state index in [-0.39, 0.29) is 30.6 Å². The largest absolute Gasteiger partial charge is 0.509 e. The molecular weight excluding hydrogens is 668 g/mol. The molecule has 4 aliphatic heterocycles. The number of hydrogen-bond acceptors (Lipinski definition) is 14. The molecular formula is C37H56O14. The van der Waals surface area contributed by atoms with E-state index in [1.807, 2.05) is 20.8 Å². The number of ketones is 1. The minimum atomic E-state index is -1.36. The van der Waals surface area contributed by atoms with E-state index < -0.39 is 97.1 Å². The van der Waals surface area contributed by atoms with Gasteiger partial charge in [-0.25, -0.2) is 9.59 Å². The van der Waals surface area contributed by atoms with Crippen LogP contribution in [0, 0.1) is 23.7 Å². The highest BCUT2D eigenvalue weighted by Crippen LogP contribution is 2.42. The van der Waals surface area contributed by atoms with Gasteiger partial charge in [0.1, 0.15) is 36.6 Å². The Hall–Kier alpha value is -2.69. The molecule has 5 unspecified atom stereocenters. The molecule has 51 heavy (non-hydrogen) atoms. The molecule has 0 saturated carbocycles. The van der Waals surface area contributed by atoms with Crippen molar-refractivity contribution in [3.05, 3.63) is 36.5 Å². The van der Waals surface area contributed by atoms with Crippen LogP contribution in [0.25, 0.3) is 0 Å². The molecule has 1 spiro atoms. The Kier molecular flexibility index (Phi) is 14.4. The highest BCUT2D eigenvalue weighted by Gasteiger charge is 2.61. The molecule has 16 atom stereocenters. The lowest BCUT2D eigenvalue weighted by atomic mass is 9.82. The van der Waals surface area contributed by atoms with E-state index in [2.05, 4.69) is 0 Å². The molecule has 2 N–H and O–H groups in total. The van der Waals surface area contributed by atoms with Crippen LogP contribution in [0.4, 0.5) is 4.79 Å². The average molecular weight is 725 g/mol. The molecule has 0 aromatic carbocycles. The van der Waals surface area contributed by atoms with Crippen LogP contribution < -0.4 is 0 Å². The molecule has 0 aromatic rings. The molecule has 288 valence electrons. The van der Waals surface area contributed by atoms with Crippen LogP contribution in [0.1, 0.15) is 61.3 Å². The lowest BCUT2D eigenvalue weighted by Gasteiger charge is -2.46. The average Bonchev–Trinajstić information content (AvgIpc) is 3.36. The molecule has 3 fully saturated rings. The summed E-state index contributed by atoms with van der Waals surface area (Å²) in [4.78, 5) is 38.4. The Labute approximate surface area is 300 Å². The van der Waals surface area contributed by atoms with E-state index in [1.165, 1.54) is 26.4 Å². The maximum absolute atomic E-state index is 13.2. The molecule has 0 amide bonds. The fourth-order valence-corrected chi connectivity index (χ4v) is 7.38. The number of hydrogen-bond donors (Lipinski definition) is 2. The van der Waals surface area contributed by atoms with E-state index in [0.29, 0.717) is 6.42 Å². The summed E-state index contributed by atoms with van der Waals surface area (Å²) in [5.41, 5.74) is -1.35. The first-order valence-electron chi connectivity index (χ1n) is 17.8. The van der Waals surface area contributed by atoms with E-state index in [0.717, 1.165) is 0 Å². The fraction of sp³-hybridized carbons (Fsp3) is 0.757. The van der Waals surface area contributed by atoms with Gasteiger partial charge in [0.15, 0.2) is 24.0 Å². The van der Waals surface area contributed by atoms with E-state index in [4.69, 9.17) is 42.6 Å². The summed E-state index contributed by atoms with van der Waals surface area (Å²) in [6.07, 6.45) is 0.681. The summed E-state index contributed by atoms with van der Waals surface area (Å²) in [7, 11) is 2.96. The van der Waals surface area contributed by atoms with Gasteiger partial charge in [-0.15, -0.1) is 0 Å². The van der Waals surface area contributed by atoms with Crippen molar-refractivity contribution < 1.29 is 67.2 Å². The summed E-state index contributed by atoms with van der Waals surface area (Å²) in [5, 5.41) is 22.0. The molecule has 0 aliphatic carbocycles. The Bertz CT molecular complexity index is 1280. The summed E-state index contributed by atoms with van der Waals surface area (Å²) in [6, 6.07) is 0. The van der Waals surface area contributed by atoms with Gasteiger partial charge in [0, 0.05) is 44.5 Å². The zero-order valence-corrected chi connectivity index (χ0v) is 31.0. The summed E-state index contributed by atoms with van der Waals surface area (Å²) < 4.78 is 52.1. The fourth-order valence-electron chi connectivity index (χ4n) is 7.38. The second kappa shape index (κ2) is 17.9. The summed E-state index contributed by atoms with van der Waals surface area (Å²) >= 11 is 0. The number of methoxy groups -OCH3 is 2. The van der Waals surface area contributed by atoms with Gasteiger partial charge < -0.3 is 52.8 Å². The van der Waals surface area contributed by atoms with Gasteiger partial charge in [0.05, 0.1) is 24.9 Å². The molecule has 14 nitrogen and oxygen atoms in total. The predicted molar refractivity (Wildman–Crippen MR) is 181 cm³/mol. The van der Waals surface area contributed by atoms with Gasteiger partial charge >= 0.3 is 12.1 Å². The lowest BCUT2D eigenvalue weighted by molar-refractivity contribution is -0.308. The van der Waals surface area contributed by atoms with Gasteiger partial charge in [-0.3, -0.25) is 4.79 Å². The third-order valence-corrected chi connectivity index (χ3v) is 10.5. The van der Waals surface area contributed by atoms with E-state index in [9.17, 15) is 24.6 Å². The van der Waals surface area contributed by atoms with Gasteiger partial charge in [-0.1, -0.05) is 45.1 Å². The Balaban J connectivity index is 1.53. The van der Waals surface area contributed by atoms with Crippen molar-refractivity contribution in [3.63, 3.8) is 0 Å². The zero-order chi connectivity index (χ0) is 37.6. The van der Waals surface area contributed by atoms with Crippen molar-refractivity contribution in [2.75, 3.05) is 20.8 Å². The Morgan fingerprint density at radius 3 is 2.18 bits per heavy atom. The van der Waals surface area contributed by atoms with E-state index in [1.54, 1.807) is 52.0 Å². The maximum Gasteiger partial charge on any atom is 0.509 e. The second-order valence-electron chi connectivity index (χ2n) is 14.4. The number of rotatable bonds is 7. The second-order valence-corrected chi connectivity index (χ2v) is 14.4. The normalized spacial score (nSPS) is 46.2. The molecule has 14 heteroatoms. The Morgan fingerprint density at radius 1 is 0.824 bits per heavy atom. The SMILES string of the molecule is CO[C@@H]1[C@H](O)[C@@H](C)O[C@@H](OC[C@H]2/C=C/C=C/C(=O)C(C)C[C@H](C)C(O[C@@H]3O[C@H](C)CC4(OC(=O)O[C@@H]4C)C3O)[C@@H](C)/C=C/C(=O)OC2C)[C@@H]1OC. The molecule has 4 aliphatic rings. The minimum absolute atomic E-state index is 0.0586. The maximum atomic E-state index is 13.2. The number of cyclic esters (lactones) is 2. The minimum Gasteiger partial charge on any atom is -0.459 e. The molecule has 0 aromatic heterocycles. The van der Waals surface area contributed by atoms with Crippen LogP contribution in [0.3, 0.4) is 0 Å². The van der Waals surface area contributed by atoms with Crippen LogP contribution in [0.5, 0.6) is 0 Å². The zero-order valence-electron chi connectivity index (χ0n) is 31.0. The molecule has 4 rings (SSSR count). The number of ether oxygens (including phenoxy) is 9. The van der Waals surface area contributed by atoms with Crippen molar-refractivity contribution in [1.29, 1.82) is 0 Å². The summed E-state index contributed by atoms with van der Waals surface area (Å²) in [6.45, 7) is 12.6. The first-order chi connectivity index (χ1) is 24.1. The van der Waals surface area contributed by atoms with Gasteiger partial charge in [-0.05, 0) is 46.1 Å². The highest BCUT2D eigenvalue weighted by molar-refractivity contribution is 5.91. The predicted octanol–water partition coefficient (Wildman–Crippen LogP) is 3.41. The van der Waals surface area contributed by atoms with Crippen molar-refractivity contribution in [2.24, 2.45) is 23.7 Å². The van der Waals surface area contributed by atoms with Gasteiger partial charge in [-0.2, -0.15) is 0 Å². The van der Waals surface area contributed by atoms with Gasteiger partial charge in [0.25, 0.3) is 0 Å². The first kappa shape index (κ1) is 41.1. The van der Waals surface area contributed by atoms with Crippen LogP contribution in [0.2, 0.25) is 0 Å². The lowest BCUT2D eigenvalue weighted by Crippen LogP contribution is -2.62. The third kappa shape index (κ3) is 9.65. The van der Waals surface area contributed by atoms with Crippen molar-refractivity contribution in [1.82, 2.24) is 0 Å². The third-order valence-electron chi connectivity index (χ3n) is 10.5. The molecule has 4 heterocycles. The van der Waals surface area contributed by atoms with Crippen LogP contribution in [-0.2, 0) is 52.2 Å². The summed E-state index contributed by atoms with van der Waals surface area (Å²) in [5.74, 6) is -2.15. The number of carbonyl (C=O) groups excluding carboxylic acids is 3. The van der Waals surface area contributed by atoms with E-state index >= 15 is 0 Å². The Morgan fingerprint density at radius 2 is 1.53 bits per heavy atom. The van der Waals surface area contributed by atoms with Crippen LogP contribution in [-0.4, -0.2) is 122 Å². The number of aliphatic hydroxyl groups excluding tert-OH is 2. The topological polar surface area (TPSA) is 175 Å². The molecule has 0 radical (unpaired) electrons. The number of aliphatic hydroxyl groups is 2.